The van der Waals surface area contributed by atoms with Crippen LogP contribution in [0.5, 0.6) is 5.75 Å². The van der Waals surface area contributed by atoms with E-state index in [9.17, 15) is 8.78 Å². The molecule has 1 unspecified atom stereocenters. The summed E-state index contributed by atoms with van der Waals surface area (Å²) in [5.74, 6) is 0.918. The minimum atomic E-state index is -2.81. The van der Waals surface area contributed by atoms with Crippen LogP contribution in [-0.4, -0.2) is 61.4 Å². The quantitative estimate of drug-likeness (QED) is 0.849. The lowest BCUT2D eigenvalue weighted by molar-refractivity contribution is -0.0500. The Hall–Kier alpha value is -1.47. The first-order valence-corrected chi connectivity index (χ1v) is 8.13. The molecule has 0 aliphatic carbocycles. The minimum absolute atomic E-state index is 0.0981. The third-order valence-electron chi connectivity index (χ3n) is 4.52. The Morgan fingerprint density at radius 2 is 2.04 bits per heavy atom. The first-order valence-electron chi connectivity index (χ1n) is 8.13. The van der Waals surface area contributed by atoms with Crippen molar-refractivity contribution in [1.29, 1.82) is 0 Å². The second-order valence-corrected chi connectivity index (χ2v) is 6.13. The maximum atomic E-state index is 12.1. The van der Waals surface area contributed by atoms with Crippen molar-refractivity contribution in [2.75, 3.05) is 37.7 Å². The van der Waals surface area contributed by atoms with Gasteiger partial charge in [0.2, 0.25) is 0 Å². The highest BCUT2D eigenvalue weighted by atomic mass is 19.3. The molecule has 2 fully saturated rings. The number of hydrogen-bond acceptors (Lipinski definition) is 5. The molecule has 0 N–H and O–H groups in total. The molecule has 0 spiro atoms. The van der Waals surface area contributed by atoms with E-state index in [1.54, 1.807) is 12.1 Å². The monoisotopic (exact) mass is 327 g/mol. The number of halogens is 2. The molecule has 1 aromatic heterocycles. The Kier molecular flexibility index (Phi) is 5.27. The molecule has 1 aromatic rings. The van der Waals surface area contributed by atoms with E-state index < -0.39 is 6.61 Å². The average molecular weight is 327 g/mol. The van der Waals surface area contributed by atoms with Crippen LogP contribution in [0.3, 0.4) is 0 Å². The van der Waals surface area contributed by atoms with Crippen LogP contribution in [0.4, 0.5) is 14.6 Å². The smallest absolute Gasteiger partial charge is 0.387 e. The predicted molar refractivity (Wildman–Crippen MR) is 83.1 cm³/mol. The SMILES string of the molecule is CC1CN(C2CCN(c3ccc(OC(F)F)cn3)CC2)CCO1. The van der Waals surface area contributed by atoms with Crippen LogP contribution in [0.1, 0.15) is 19.8 Å². The van der Waals surface area contributed by atoms with Crippen molar-refractivity contribution in [1.82, 2.24) is 9.88 Å². The Balaban J connectivity index is 1.52. The van der Waals surface area contributed by atoms with Gasteiger partial charge in [-0.1, -0.05) is 0 Å². The number of ether oxygens (including phenoxy) is 2. The lowest BCUT2D eigenvalue weighted by Gasteiger charge is -2.42. The summed E-state index contributed by atoms with van der Waals surface area (Å²) in [7, 11) is 0. The van der Waals surface area contributed by atoms with Gasteiger partial charge in [-0.25, -0.2) is 4.98 Å². The summed E-state index contributed by atoms with van der Waals surface area (Å²) >= 11 is 0. The van der Waals surface area contributed by atoms with Crippen molar-refractivity contribution in [3.05, 3.63) is 18.3 Å². The van der Waals surface area contributed by atoms with Gasteiger partial charge in [0.05, 0.1) is 18.9 Å². The Morgan fingerprint density at radius 3 is 2.65 bits per heavy atom. The van der Waals surface area contributed by atoms with E-state index in [0.29, 0.717) is 12.1 Å². The summed E-state index contributed by atoms with van der Waals surface area (Å²) < 4.78 is 34.2. The molecule has 3 rings (SSSR count). The van der Waals surface area contributed by atoms with Crippen LogP contribution in [0.2, 0.25) is 0 Å². The van der Waals surface area contributed by atoms with E-state index in [1.807, 2.05) is 0 Å². The summed E-state index contributed by atoms with van der Waals surface area (Å²) in [6.07, 6.45) is 3.84. The standard InChI is InChI=1S/C16H23F2N3O2/c1-12-11-21(8-9-22-12)13-4-6-20(7-5-13)15-3-2-14(10-19-15)23-16(17)18/h2-3,10,12-13,16H,4-9,11H2,1H3. The highest BCUT2D eigenvalue weighted by Gasteiger charge is 2.28. The number of rotatable bonds is 4. The molecule has 1 atom stereocenters. The van der Waals surface area contributed by atoms with Gasteiger partial charge in [-0.05, 0) is 31.9 Å². The average Bonchev–Trinajstić information content (AvgIpc) is 2.55. The number of alkyl halides is 2. The number of hydrogen-bond donors (Lipinski definition) is 0. The fraction of sp³-hybridized carbons (Fsp3) is 0.688. The number of pyridine rings is 1. The lowest BCUT2D eigenvalue weighted by atomic mass is 10.0. The van der Waals surface area contributed by atoms with Crippen LogP contribution < -0.4 is 9.64 Å². The van der Waals surface area contributed by atoms with Gasteiger partial charge >= 0.3 is 6.61 Å². The zero-order chi connectivity index (χ0) is 16.2. The van der Waals surface area contributed by atoms with Crippen molar-refractivity contribution in [2.45, 2.75) is 38.5 Å². The van der Waals surface area contributed by atoms with Crippen LogP contribution in [-0.2, 0) is 4.74 Å². The van der Waals surface area contributed by atoms with E-state index in [-0.39, 0.29) is 5.75 Å². The molecule has 3 heterocycles. The van der Waals surface area contributed by atoms with Gasteiger partial charge in [-0.3, -0.25) is 4.90 Å². The molecule has 2 aliphatic rings. The molecule has 128 valence electrons. The fourth-order valence-corrected chi connectivity index (χ4v) is 3.37. The van der Waals surface area contributed by atoms with Gasteiger partial charge in [-0.15, -0.1) is 0 Å². The third kappa shape index (κ3) is 4.29. The molecule has 0 saturated carbocycles. The van der Waals surface area contributed by atoms with Crippen molar-refractivity contribution in [3.63, 3.8) is 0 Å². The van der Waals surface area contributed by atoms with Crippen LogP contribution in [0.15, 0.2) is 18.3 Å². The van der Waals surface area contributed by atoms with Gasteiger partial charge in [0.15, 0.2) is 0 Å². The van der Waals surface area contributed by atoms with E-state index in [2.05, 4.69) is 26.4 Å². The topological polar surface area (TPSA) is 37.8 Å². The molecule has 0 radical (unpaired) electrons. The van der Waals surface area contributed by atoms with Crippen LogP contribution in [0, 0.1) is 0 Å². The molecule has 7 heteroatoms. The van der Waals surface area contributed by atoms with Gasteiger partial charge in [-0.2, -0.15) is 8.78 Å². The highest BCUT2D eigenvalue weighted by molar-refractivity contribution is 5.41. The molecular weight excluding hydrogens is 304 g/mol. The normalized spacial score (nSPS) is 24.2. The van der Waals surface area contributed by atoms with Gasteiger partial charge in [0.25, 0.3) is 0 Å². The minimum Gasteiger partial charge on any atom is -0.433 e. The molecule has 2 saturated heterocycles. The first kappa shape index (κ1) is 16.4. The van der Waals surface area contributed by atoms with Gasteiger partial charge < -0.3 is 14.4 Å². The molecule has 23 heavy (non-hydrogen) atoms. The summed E-state index contributed by atoms with van der Waals surface area (Å²) in [5.41, 5.74) is 0. The molecular formula is C16H23F2N3O2. The first-order chi connectivity index (χ1) is 11.1. The van der Waals surface area contributed by atoms with Crippen LogP contribution in [0.25, 0.3) is 0 Å². The second-order valence-electron chi connectivity index (χ2n) is 6.13. The predicted octanol–water partition coefficient (Wildman–Crippen LogP) is 2.37. The molecule has 0 amide bonds. The molecule has 0 aromatic carbocycles. The van der Waals surface area contributed by atoms with Gasteiger partial charge in [0, 0.05) is 32.2 Å². The van der Waals surface area contributed by atoms with Crippen molar-refractivity contribution in [2.24, 2.45) is 0 Å². The summed E-state index contributed by atoms with van der Waals surface area (Å²) in [4.78, 5) is 8.97. The Morgan fingerprint density at radius 1 is 1.26 bits per heavy atom. The van der Waals surface area contributed by atoms with E-state index >= 15 is 0 Å². The Bertz CT molecular complexity index is 493. The number of nitrogens with zero attached hydrogens (tertiary/aromatic N) is 3. The zero-order valence-electron chi connectivity index (χ0n) is 13.3. The maximum Gasteiger partial charge on any atom is 0.387 e. The second kappa shape index (κ2) is 7.40. The number of aromatic nitrogens is 1. The number of anilines is 1. The van der Waals surface area contributed by atoms with Crippen molar-refractivity contribution in [3.8, 4) is 5.75 Å². The van der Waals surface area contributed by atoms with E-state index in [0.717, 1.165) is 51.4 Å². The zero-order valence-corrected chi connectivity index (χ0v) is 13.3. The number of piperidine rings is 1. The van der Waals surface area contributed by atoms with E-state index in [1.165, 1.54) is 6.20 Å². The summed E-state index contributed by atoms with van der Waals surface area (Å²) in [6.45, 7) is 3.99. The van der Waals surface area contributed by atoms with Crippen LogP contribution >= 0.6 is 0 Å². The fourth-order valence-electron chi connectivity index (χ4n) is 3.37. The molecule has 5 nitrogen and oxygen atoms in total. The third-order valence-corrected chi connectivity index (χ3v) is 4.52. The summed E-state index contributed by atoms with van der Waals surface area (Å²) in [5, 5.41) is 0. The van der Waals surface area contributed by atoms with Gasteiger partial charge in [0.1, 0.15) is 11.6 Å². The van der Waals surface area contributed by atoms with Crippen molar-refractivity contribution < 1.29 is 18.3 Å². The molecule has 0 bridgehead atoms. The largest absolute Gasteiger partial charge is 0.433 e. The number of morpholine rings is 1. The summed E-state index contributed by atoms with van der Waals surface area (Å²) in [6, 6.07) is 3.89. The van der Waals surface area contributed by atoms with Crippen molar-refractivity contribution >= 4 is 5.82 Å². The maximum absolute atomic E-state index is 12.1. The molecule has 2 aliphatic heterocycles. The lowest BCUT2D eigenvalue weighted by Crippen LogP contribution is -2.51. The Labute approximate surface area is 135 Å². The van der Waals surface area contributed by atoms with E-state index in [4.69, 9.17) is 4.74 Å². The highest BCUT2D eigenvalue weighted by Crippen LogP contribution is 2.24.